The van der Waals surface area contributed by atoms with Crippen molar-refractivity contribution in [3.63, 3.8) is 0 Å². The third kappa shape index (κ3) is 8.14. The molecule has 0 atom stereocenters. The van der Waals surface area contributed by atoms with Crippen LogP contribution in [0.5, 0.6) is 0 Å². The summed E-state index contributed by atoms with van der Waals surface area (Å²) in [5.74, 6) is 0. The van der Waals surface area contributed by atoms with Gasteiger partial charge >= 0.3 is 0 Å². The summed E-state index contributed by atoms with van der Waals surface area (Å²) in [6, 6.07) is 20.4. The molecule has 0 N–H and O–H groups in total. The molecule has 0 spiro atoms. The first-order valence-corrected chi connectivity index (χ1v) is 6.45. The highest BCUT2D eigenvalue weighted by molar-refractivity contribution is 5.15. The fourth-order valence-corrected chi connectivity index (χ4v) is 1.44. The van der Waals surface area contributed by atoms with E-state index in [4.69, 9.17) is 4.74 Å². The molecule has 0 heterocycles. The van der Waals surface area contributed by atoms with Crippen LogP contribution in [-0.2, 0) is 18.0 Å². The van der Waals surface area contributed by atoms with Gasteiger partial charge in [0.2, 0.25) is 0 Å². The second kappa shape index (κ2) is 9.31. The first-order chi connectivity index (χ1) is 9.18. The Hall–Kier alpha value is -1.64. The van der Waals surface area contributed by atoms with Crippen LogP contribution in [0.25, 0.3) is 0 Å². The molecular weight excluding hydrogens is 234 g/mol. The number of hydrogen-bond donors (Lipinski definition) is 0. The van der Waals surface area contributed by atoms with Crippen molar-refractivity contribution in [3.05, 3.63) is 71.8 Å². The Morgan fingerprint density at radius 1 is 0.684 bits per heavy atom. The molecule has 102 valence electrons. The maximum atomic E-state index is 5.61. The zero-order valence-corrected chi connectivity index (χ0v) is 12.0. The molecule has 0 unspecified atom stereocenters. The second-order valence-electron chi connectivity index (χ2n) is 4.81. The number of nitrogens with zero attached hydrogens (tertiary/aromatic N) is 1. The first kappa shape index (κ1) is 15.4. The molecule has 2 nitrogen and oxygen atoms in total. The third-order valence-electron chi connectivity index (χ3n) is 2.22. The van der Waals surface area contributed by atoms with Gasteiger partial charge in [0.25, 0.3) is 0 Å². The van der Waals surface area contributed by atoms with E-state index in [2.05, 4.69) is 24.3 Å². The molecule has 0 saturated carbocycles. The summed E-state index contributed by atoms with van der Waals surface area (Å²) in [6.45, 7) is 1.35. The summed E-state index contributed by atoms with van der Waals surface area (Å²) in [7, 11) is 6.00. The van der Waals surface area contributed by atoms with Crippen molar-refractivity contribution in [3.8, 4) is 0 Å². The SMILES string of the molecule is CN(C)C.c1ccc(COCc2ccccc2)cc1. The molecular formula is C17H23NO. The zero-order valence-electron chi connectivity index (χ0n) is 12.0. The number of ether oxygens (including phenoxy) is 1. The smallest absolute Gasteiger partial charge is 0.0721 e. The molecule has 0 radical (unpaired) electrons. The van der Waals surface area contributed by atoms with E-state index in [0.29, 0.717) is 13.2 Å². The molecule has 0 aromatic heterocycles. The molecule has 2 heteroatoms. The van der Waals surface area contributed by atoms with Crippen molar-refractivity contribution >= 4 is 0 Å². The summed E-state index contributed by atoms with van der Waals surface area (Å²) < 4.78 is 5.61. The van der Waals surface area contributed by atoms with Gasteiger partial charge in [0, 0.05) is 0 Å². The maximum absolute atomic E-state index is 5.61. The summed E-state index contributed by atoms with van der Waals surface area (Å²) in [6.07, 6.45) is 0. The van der Waals surface area contributed by atoms with Crippen LogP contribution >= 0.6 is 0 Å². The predicted molar refractivity (Wildman–Crippen MR) is 81.0 cm³/mol. The minimum atomic E-state index is 0.676. The summed E-state index contributed by atoms with van der Waals surface area (Å²) >= 11 is 0. The van der Waals surface area contributed by atoms with Crippen molar-refractivity contribution in [1.29, 1.82) is 0 Å². The Labute approximate surface area is 116 Å². The lowest BCUT2D eigenvalue weighted by molar-refractivity contribution is 0.107. The van der Waals surface area contributed by atoms with Gasteiger partial charge in [0.1, 0.15) is 0 Å². The van der Waals surface area contributed by atoms with Gasteiger partial charge < -0.3 is 9.64 Å². The Bertz CT molecular complexity index is 383. The quantitative estimate of drug-likeness (QED) is 0.830. The van der Waals surface area contributed by atoms with Crippen molar-refractivity contribution in [2.45, 2.75) is 13.2 Å². The van der Waals surface area contributed by atoms with Gasteiger partial charge in [0.15, 0.2) is 0 Å². The van der Waals surface area contributed by atoms with E-state index in [0.717, 1.165) is 0 Å². The van der Waals surface area contributed by atoms with E-state index in [9.17, 15) is 0 Å². The van der Waals surface area contributed by atoms with E-state index < -0.39 is 0 Å². The van der Waals surface area contributed by atoms with E-state index in [1.165, 1.54) is 11.1 Å². The van der Waals surface area contributed by atoms with Crippen molar-refractivity contribution < 1.29 is 4.74 Å². The molecule has 0 saturated heterocycles. The maximum Gasteiger partial charge on any atom is 0.0721 e. The van der Waals surface area contributed by atoms with Crippen LogP contribution in [0.3, 0.4) is 0 Å². The molecule has 0 aliphatic carbocycles. The van der Waals surface area contributed by atoms with Gasteiger partial charge in [-0.05, 0) is 32.3 Å². The lowest BCUT2D eigenvalue weighted by atomic mass is 10.2. The van der Waals surface area contributed by atoms with E-state index in [1.54, 1.807) is 0 Å². The molecule has 19 heavy (non-hydrogen) atoms. The van der Waals surface area contributed by atoms with Crippen LogP contribution in [-0.4, -0.2) is 26.0 Å². The van der Waals surface area contributed by atoms with Crippen LogP contribution in [0.1, 0.15) is 11.1 Å². The van der Waals surface area contributed by atoms with Gasteiger partial charge in [-0.25, -0.2) is 0 Å². The van der Waals surface area contributed by atoms with Crippen LogP contribution in [0, 0.1) is 0 Å². The van der Waals surface area contributed by atoms with Crippen LogP contribution in [0.2, 0.25) is 0 Å². The molecule has 0 amide bonds. The van der Waals surface area contributed by atoms with E-state index in [1.807, 2.05) is 62.4 Å². The van der Waals surface area contributed by atoms with Gasteiger partial charge in [-0.2, -0.15) is 0 Å². The van der Waals surface area contributed by atoms with Crippen LogP contribution < -0.4 is 0 Å². The Morgan fingerprint density at radius 2 is 1.00 bits per heavy atom. The van der Waals surface area contributed by atoms with Crippen molar-refractivity contribution in [2.75, 3.05) is 21.1 Å². The molecule has 0 bridgehead atoms. The summed E-state index contributed by atoms with van der Waals surface area (Å²) in [5, 5.41) is 0. The normalized spacial score (nSPS) is 9.89. The highest BCUT2D eigenvalue weighted by atomic mass is 16.5. The minimum Gasteiger partial charge on any atom is -0.372 e. The summed E-state index contributed by atoms with van der Waals surface area (Å²) in [4.78, 5) is 2.00. The third-order valence-corrected chi connectivity index (χ3v) is 2.22. The highest BCUT2D eigenvalue weighted by Crippen LogP contribution is 2.05. The predicted octanol–water partition coefficient (Wildman–Crippen LogP) is 3.58. The topological polar surface area (TPSA) is 12.5 Å². The molecule has 0 fully saturated rings. The van der Waals surface area contributed by atoms with E-state index >= 15 is 0 Å². The minimum absolute atomic E-state index is 0.676. The largest absolute Gasteiger partial charge is 0.372 e. The molecule has 2 aromatic rings. The standard InChI is InChI=1S/C14H14O.C3H9N/c1-3-7-13(8-4-1)11-15-12-14-9-5-2-6-10-14;1-4(2)3/h1-10H,11-12H2;1-3H3. The van der Waals surface area contributed by atoms with Crippen molar-refractivity contribution in [2.24, 2.45) is 0 Å². The fourth-order valence-electron chi connectivity index (χ4n) is 1.44. The Kier molecular flexibility index (Phi) is 7.56. The molecule has 2 rings (SSSR count). The van der Waals surface area contributed by atoms with Crippen molar-refractivity contribution in [1.82, 2.24) is 4.90 Å². The molecule has 2 aromatic carbocycles. The lowest BCUT2D eigenvalue weighted by Crippen LogP contribution is -1.99. The lowest BCUT2D eigenvalue weighted by Gasteiger charge is -2.03. The van der Waals surface area contributed by atoms with Crippen LogP contribution in [0.15, 0.2) is 60.7 Å². The van der Waals surface area contributed by atoms with Crippen LogP contribution in [0.4, 0.5) is 0 Å². The van der Waals surface area contributed by atoms with Gasteiger partial charge in [0.05, 0.1) is 13.2 Å². The second-order valence-corrected chi connectivity index (χ2v) is 4.81. The average Bonchev–Trinajstić information content (AvgIpc) is 2.41. The molecule has 0 aliphatic rings. The van der Waals surface area contributed by atoms with E-state index in [-0.39, 0.29) is 0 Å². The number of benzene rings is 2. The highest BCUT2D eigenvalue weighted by Gasteiger charge is 1.93. The number of rotatable bonds is 4. The monoisotopic (exact) mass is 257 g/mol. The Balaban J connectivity index is 0.000000399. The number of hydrogen-bond acceptors (Lipinski definition) is 2. The van der Waals surface area contributed by atoms with Gasteiger partial charge in [-0.15, -0.1) is 0 Å². The molecule has 0 aliphatic heterocycles. The summed E-state index contributed by atoms with van der Waals surface area (Å²) in [5.41, 5.74) is 2.43. The fraction of sp³-hybridized carbons (Fsp3) is 0.294. The first-order valence-electron chi connectivity index (χ1n) is 6.45. The zero-order chi connectivity index (χ0) is 13.9. The Morgan fingerprint density at radius 3 is 1.32 bits per heavy atom. The van der Waals surface area contributed by atoms with Gasteiger partial charge in [-0.3, -0.25) is 0 Å². The average molecular weight is 257 g/mol. The van der Waals surface area contributed by atoms with Gasteiger partial charge in [-0.1, -0.05) is 60.7 Å².